The first-order valence-electron chi connectivity index (χ1n) is 6.95. The number of nitrogens with one attached hydrogen (secondary N) is 2. The van der Waals surface area contributed by atoms with Crippen LogP contribution in [0.15, 0.2) is 47.5 Å². The highest BCUT2D eigenvalue weighted by atomic mass is 35.5. The van der Waals surface area contributed by atoms with Gasteiger partial charge in [0.05, 0.1) is 4.90 Å². The Morgan fingerprint density at radius 2 is 1.91 bits per heavy atom. The van der Waals surface area contributed by atoms with Crippen molar-refractivity contribution in [2.45, 2.75) is 18.2 Å². The molecule has 0 saturated carbocycles. The van der Waals surface area contributed by atoms with Crippen LogP contribution in [0, 0.1) is 0 Å². The predicted octanol–water partition coefficient (Wildman–Crippen LogP) is 2.68. The van der Waals surface area contributed by atoms with Crippen LogP contribution in [0.25, 0.3) is 0 Å². The summed E-state index contributed by atoms with van der Waals surface area (Å²) in [6.45, 7) is 2.26. The molecular weight excluding hydrogens is 338 g/mol. The maximum Gasteiger partial charge on any atom is 0.255 e. The summed E-state index contributed by atoms with van der Waals surface area (Å²) in [6, 6.07) is 8.92. The van der Waals surface area contributed by atoms with Gasteiger partial charge < -0.3 is 5.32 Å². The van der Waals surface area contributed by atoms with Crippen molar-refractivity contribution in [1.82, 2.24) is 9.71 Å². The van der Waals surface area contributed by atoms with E-state index in [1.54, 1.807) is 0 Å². The Labute approximate surface area is 139 Å². The number of pyridine rings is 1. The molecule has 0 unspecified atom stereocenters. The Morgan fingerprint density at radius 1 is 1.22 bits per heavy atom. The highest BCUT2D eigenvalue weighted by molar-refractivity contribution is 7.89. The van der Waals surface area contributed by atoms with Crippen LogP contribution in [0.4, 0.5) is 5.69 Å². The van der Waals surface area contributed by atoms with Gasteiger partial charge in [-0.3, -0.25) is 4.79 Å². The first kappa shape index (κ1) is 17.4. The number of hydrogen-bond donors (Lipinski definition) is 2. The largest absolute Gasteiger partial charge is 0.322 e. The number of aromatic nitrogens is 1. The van der Waals surface area contributed by atoms with E-state index < -0.39 is 10.0 Å². The lowest BCUT2D eigenvalue weighted by Gasteiger charge is -2.08. The molecular formula is C15H16ClN3O3S. The quantitative estimate of drug-likeness (QED) is 0.781. The molecule has 0 aliphatic rings. The fourth-order valence-corrected chi connectivity index (χ4v) is 3.09. The van der Waals surface area contributed by atoms with E-state index in [4.69, 9.17) is 11.6 Å². The van der Waals surface area contributed by atoms with Crippen LogP contribution in [0.1, 0.15) is 23.7 Å². The first-order chi connectivity index (χ1) is 10.9. The molecule has 2 N–H and O–H groups in total. The van der Waals surface area contributed by atoms with Crippen LogP contribution in [0.2, 0.25) is 5.15 Å². The van der Waals surface area contributed by atoms with Crippen molar-refractivity contribution in [3.63, 3.8) is 0 Å². The minimum atomic E-state index is -3.51. The molecule has 0 saturated heterocycles. The fourth-order valence-electron chi connectivity index (χ4n) is 1.78. The maximum absolute atomic E-state index is 12.1. The lowest BCUT2D eigenvalue weighted by atomic mass is 10.2. The molecule has 23 heavy (non-hydrogen) atoms. The zero-order chi connectivity index (χ0) is 16.9. The average Bonchev–Trinajstić information content (AvgIpc) is 2.53. The number of halogens is 1. The van der Waals surface area contributed by atoms with Crippen molar-refractivity contribution in [2.24, 2.45) is 0 Å². The molecule has 0 bridgehead atoms. The smallest absolute Gasteiger partial charge is 0.255 e. The van der Waals surface area contributed by atoms with Crippen LogP contribution in [-0.4, -0.2) is 25.9 Å². The Kier molecular flexibility index (Phi) is 5.70. The van der Waals surface area contributed by atoms with E-state index in [1.807, 2.05) is 6.92 Å². The molecule has 1 heterocycles. The van der Waals surface area contributed by atoms with E-state index >= 15 is 0 Å². The monoisotopic (exact) mass is 353 g/mol. The molecule has 122 valence electrons. The summed E-state index contributed by atoms with van der Waals surface area (Å²) in [4.78, 5) is 16.0. The third-order valence-corrected chi connectivity index (χ3v) is 4.64. The zero-order valence-corrected chi connectivity index (χ0v) is 14.0. The number of rotatable bonds is 6. The zero-order valence-electron chi connectivity index (χ0n) is 12.4. The number of carbonyl (C=O) groups excluding carboxylic acids is 1. The van der Waals surface area contributed by atoms with Gasteiger partial charge in [-0.25, -0.2) is 18.1 Å². The minimum absolute atomic E-state index is 0.149. The van der Waals surface area contributed by atoms with Crippen molar-refractivity contribution < 1.29 is 13.2 Å². The van der Waals surface area contributed by atoms with Crippen molar-refractivity contribution in [2.75, 3.05) is 11.9 Å². The molecule has 0 aliphatic carbocycles. The average molecular weight is 354 g/mol. The second kappa shape index (κ2) is 7.54. The third kappa shape index (κ3) is 4.75. The summed E-state index contributed by atoms with van der Waals surface area (Å²) in [7, 11) is -3.51. The Hall–Kier alpha value is -1.96. The van der Waals surface area contributed by atoms with Crippen molar-refractivity contribution in [1.29, 1.82) is 0 Å². The summed E-state index contributed by atoms with van der Waals surface area (Å²) in [5, 5.41) is 2.89. The van der Waals surface area contributed by atoms with Crippen LogP contribution in [0.3, 0.4) is 0 Å². The van der Waals surface area contributed by atoms with E-state index in [-0.39, 0.29) is 16.0 Å². The third-order valence-electron chi connectivity index (χ3n) is 2.95. The highest BCUT2D eigenvalue weighted by Gasteiger charge is 2.13. The molecule has 1 aromatic heterocycles. The molecule has 0 aliphatic heterocycles. The van der Waals surface area contributed by atoms with Gasteiger partial charge in [-0.1, -0.05) is 18.5 Å². The standard InChI is InChI=1S/C15H16ClN3O3S/c1-2-8-18-23(21,22)13-5-3-12(4-6-13)19-15(20)11-7-9-17-14(16)10-11/h3-7,9-10,18H,2,8H2,1H3,(H,19,20). The number of nitrogens with zero attached hydrogens (tertiary/aromatic N) is 1. The van der Waals surface area contributed by atoms with Gasteiger partial charge in [-0.05, 0) is 42.8 Å². The number of carbonyl (C=O) groups is 1. The van der Waals surface area contributed by atoms with E-state index in [9.17, 15) is 13.2 Å². The lowest BCUT2D eigenvalue weighted by Crippen LogP contribution is -2.24. The van der Waals surface area contributed by atoms with Gasteiger partial charge in [0.15, 0.2) is 0 Å². The van der Waals surface area contributed by atoms with Gasteiger partial charge in [0.1, 0.15) is 5.15 Å². The molecule has 0 spiro atoms. The number of sulfonamides is 1. The van der Waals surface area contributed by atoms with Crippen LogP contribution >= 0.6 is 11.6 Å². The second-order valence-corrected chi connectivity index (χ2v) is 6.90. The van der Waals surface area contributed by atoms with E-state index in [0.29, 0.717) is 24.2 Å². The predicted molar refractivity (Wildman–Crippen MR) is 89.1 cm³/mol. The normalized spacial score (nSPS) is 11.2. The second-order valence-electron chi connectivity index (χ2n) is 4.74. The summed E-state index contributed by atoms with van der Waals surface area (Å²) < 4.78 is 26.4. The summed E-state index contributed by atoms with van der Waals surface area (Å²) in [6.07, 6.45) is 2.15. The molecule has 0 fully saturated rings. The Bertz CT molecular complexity index is 792. The number of benzene rings is 1. The number of hydrogen-bond acceptors (Lipinski definition) is 4. The van der Waals surface area contributed by atoms with Crippen LogP contribution in [0.5, 0.6) is 0 Å². The van der Waals surface area contributed by atoms with Gasteiger partial charge in [0.25, 0.3) is 5.91 Å². The molecule has 2 rings (SSSR count). The maximum atomic E-state index is 12.1. The number of amides is 1. The minimum Gasteiger partial charge on any atom is -0.322 e. The molecule has 8 heteroatoms. The van der Waals surface area contributed by atoms with Gasteiger partial charge >= 0.3 is 0 Å². The number of anilines is 1. The SMILES string of the molecule is CCCNS(=O)(=O)c1ccc(NC(=O)c2ccnc(Cl)c2)cc1. The highest BCUT2D eigenvalue weighted by Crippen LogP contribution is 2.15. The van der Waals surface area contributed by atoms with E-state index in [2.05, 4.69) is 15.0 Å². The molecule has 1 aromatic carbocycles. The van der Waals surface area contributed by atoms with E-state index in [1.165, 1.54) is 42.6 Å². The van der Waals surface area contributed by atoms with E-state index in [0.717, 1.165) is 0 Å². The first-order valence-corrected chi connectivity index (χ1v) is 8.81. The van der Waals surface area contributed by atoms with Crippen molar-refractivity contribution in [3.8, 4) is 0 Å². The van der Waals surface area contributed by atoms with Gasteiger partial charge in [-0.2, -0.15) is 0 Å². The Morgan fingerprint density at radius 3 is 2.52 bits per heavy atom. The van der Waals surface area contributed by atoms with Gasteiger partial charge in [0.2, 0.25) is 10.0 Å². The van der Waals surface area contributed by atoms with Crippen molar-refractivity contribution >= 4 is 33.2 Å². The van der Waals surface area contributed by atoms with Gasteiger partial charge in [-0.15, -0.1) is 0 Å². The topological polar surface area (TPSA) is 88.2 Å². The van der Waals surface area contributed by atoms with Crippen molar-refractivity contribution in [3.05, 3.63) is 53.3 Å². The molecule has 6 nitrogen and oxygen atoms in total. The summed E-state index contributed by atoms with van der Waals surface area (Å²) in [5.41, 5.74) is 0.851. The van der Waals surface area contributed by atoms with Gasteiger partial charge in [0, 0.05) is 24.0 Å². The molecule has 0 atom stereocenters. The molecule has 0 radical (unpaired) electrons. The van der Waals surface area contributed by atoms with Crippen LogP contribution < -0.4 is 10.0 Å². The molecule has 2 aromatic rings. The fraction of sp³-hybridized carbons (Fsp3) is 0.200. The van der Waals surface area contributed by atoms with Crippen LogP contribution in [-0.2, 0) is 10.0 Å². The molecule has 1 amide bonds. The Balaban J connectivity index is 2.10. The lowest BCUT2D eigenvalue weighted by molar-refractivity contribution is 0.102. The summed E-state index contributed by atoms with van der Waals surface area (Å²) >= 11 is 5.74. The summed E-state index contributed by atoms with van der Waals surface area (Å²) in [5.74, 6) is -0.353.